The van der Waals surface area contributed by atoms with E-state index < -0.39 is 17.7 Å². The molecule has 1 saturated heterocycles. The highest BCUT2D eigenvalue weighted by atomic mass is 127. The number of benzene rings is 2. The smallest absolute Gasteiger partial charge is 0.295 e. The molecule has 0 aliphatic carbocycles. The van der Waals surface area contributed by atoms with Gasteiger partial charge >= 0.3 is 0 Å². The second kappa shape index (κ2) is 8.74. The first kappa shape index (κ1) is 20.3. The van der Waals surface area contributed by atoms with E-state index in [0.717, 1.165) is 9.13 Å². The number of hydrogen-bond acceptors (Lipinski definition) is 5. The summed E-state index contributed by atoms with van der Waals surface area (Å²) in [6.07, 6.45) is 0. The molecule has 1 heterocycles. The number of aliphatic hydroxyl groups is 1. The lowest BCUT2D eigenvalue weighted by Crippen LogP contribution is -2.32. The molecule has 1 unspecified atom stereocenters. The second-order valence-electron chi connectivity index (χ2n) is 6.27. The Hall–Kier alpha value is -2.39. The van der Waals surface area contributed by atoms with Crippen LogP contribution in [-0.4, -0.2) is 49.1 Å². The van der Waals surface area contributed by atoms with Crippen molar-refractivity contribution in [2.24, 2.45) is 0 Å². The van der Waals surface area contributed by atoms with Crippen LogP contribution >= 0.6 is 22.6 Å². The van der Waals surface area contributed by atoms with Crippen LogP contribution in [0.1, 0.15) is 17.2 Å². The van der Waals surface area contributed by atoms with Gasteiger partial charge in [-0.1, -0.05) is 12.1 Å². The van der Waals surface area contributed by atoms with E-state index >= 15 is 0 Å². The third-order valence-electron chi connectivity index (χ3n) is 4.63. The molecule has 28 heavy (non-hydrogen) atoms. The van der Waals surface area contributed by atoms with Crippen molar-refractivity contribution < 1.29 is 24.2 Å². The normalized spacial score (nSPS) is 18.5. The molecule has 146 valence electrons. The lowest BCUT2D eigenvalue weighted by atomic mass is 9.95. The highest BCUT2D eigenvalue weighted by Gasteiger charge is 2.45. The zero-order valence-corrected chi connectivity index (χ0v) is 17.7. The molecular weight excluding hydrogens is 473 g/mol. The molecule has 7 heteroatoms. The number of hydrogen-bond donors (Lipinski definition) is 1. The van der Waals surface area contributed by atoms with E-state index in [9.17, 15) is 14.7 Å². The van der Waals surface area contributed by atoms with Crippen molar-refractivity contribution in [1.29, 1.82) is 0 Å². The van der Waals surface area contributed by atoms with Crippen molar-refractivity contribution in [2.45, 2.75) is 6.04 Å². The largest absolute Gasteiger partial charge is 0.507 e. The molecule has 1 aliphatic heterocycles. The van der Waals surface area contributed by atoms with Crippen molar-refractivity contribution in [3.63, 3.8) is 0 Å². The number of rotatable bonds is 6. The number of halogens is 1. The summed E-state index contributed by atoms with van der Waals surface area (Å²) in [5.41, 5.74) is 1.28. The lowest BCUT2D eigenvalue weighted by molar-refractivity contribution is -0.140. The van der Waals surface area contributed by atoms with Gasteiger partial charge < -0.3 is 19.5 Å². The first-order valence-electron chi connectivity index (χ1n) is 8.65. The molecule has 1 amide bonds. The maximum Gasteiger partial charge on any atom is 0.295 e. The summed E-state index contributed by atoms with van der Waals surface area (Å²) in [7, 11) is 3.08. The van der Waals surface area contributed by atoms with Gasteiger partial charge in [-0.05, 0) is 64.6 Å². The molecule has 0 bridgehead atoms. The van der Waals surface area contributed by atoms with Crippen molar-refractivity contribution >= 4 is 40.0 Å². The molecule has 1 atom stereocenters. The zero-order chi connectivity index (χ0) is 20.3. The van der Waals surface area contributed by atoms with E-state index in [1.807, 2.05) is 24.3 Å². The van der Waals surface area contributed by atoms with E-state index in [1.54, 1.807) is 31.4 Å². The van der Waals surface area contributed by atoms with Gasteiger partial charge in [-0.15, -0.1) is 0 Å². The fourth-order valence-electron chi connectivity index (χ4n) is 3.20. The van der Waals surface area contributed by atoms with Crippen LogP contribution in [0.4, 0.5) is 0 Å². The number of Topliss-reactive ketones (excluding diaryl/α,β-unsaturated/α-hetero) is 1. The van der Waals surface area contributed by atoms with Crippen molar-refractivity contribution in [3.8, 4) is 5.75 Å². The highest BCUT2D eigenvalue weighted by molar-refractivity contribution is 14.1. The Bertz CT molecular complexity index is 905. The number of aliphatic hydroxyl groups excluding tert-OH is 1. The van der Waals surface area contributed by atoms with Crippen LogP contribution in [0, 0.1) is 3.57 Å². The van der Waals surface area contributed by atoms with Gasteiger partial charge in [0.2, 0.25) is 0 Å². The monoisotopic (exact) mass is 493 g/mol. The fraction of sp³-hybridized carbons (Fsp3) is 0.238. The lowest BCUT2D eigenvalue weighted by Gasteiger charge is -2.25. The van der Waals surface area contributed by atoms with Crippen LogP contribution in [0.15, 0.2) is 54.1 Å². The molecule has 0 saturated carbocycles. The standard InChI is InChI=1S/C21H20INO5/c1-27-12-11-23-18(13-3-7-15(22)8-4-13)17(20(25)21(23)26)19(24)14-5-9-16(28-2)10-6-14/h3-10,18,24H,11-12H2,1-2H3. The van der Waals surface area contributed by atoms with Gasteiger partial charge in [-0.25, -0.2) is 0 Å². The summed E-state index contributed by atoms with van der Waals surface area (Å²) in [6.45, 7) is 0.535. The molecule has 2 aromatic rings. The Morgan fingerprint density at radius 2 is 1.71 bits per heavy atom. The van der Waals surface area contributed by atoms with E-state index in [-0.39, 0.29) is 24.5 Å². The van der Waals surface area contributed by atoms with Crippen molar-refractivity contribution in [3.05, 3.63) is 68.8 Å². The molecule has 3 rings (SSSR count). The number of likely N-dealkylation sites (tertiary alicyclic amines) is 1. The van der Waals surface area contributed by atoms with Gasteiger partial charge in [-0.2, -0.15) is 0 Å². The number of carbonyl (C=O) groups excluding carboxylic acids is 2. The maximum atomic E-state index is 12.8. The average molecular weight is 493 g/mol. The first-order valence-corrected chi connectivity index (χ1v) is 9.73. The van der Waals surface area contributed by atoms with Gasteiger partial charge in [0.05, 0.1) is 25.3 Å². The molecule has 1 fully saturated rings. The van der Waals surface area contributed by atoms with Gasteiger partial charge in [0, 0.05) is 22.8 Å². The van der Waals surface area contributed by atoms with Crippen LogP contribution in [0.25, 0.3) is 5.76 Å². The summed E-state index contributed by atoms with van der Waals surface area (Å²) in [4.78, 5) is 26.9. The predicted molar refractivity (Wildman–Crippen MR) is 113 cm³/mol. The Morgan fingerprint density at radius 1 is 1.07 bits per heavy atom. The second-order valence-corrected chi connectivity index (χ2v) is 7.51. The van der Waals surface area contributed by atoms with Gasteiger partial charge in [0.15, 0.2) is 0 Å². The van der Waals surface area contributed by atoms with Crippen LogP contribution in [0.3, 0.4) is 0 Å². The fourth-order valence-corrected chi connectivity index (χ4v) is 3.56. The van der Waals surface area contributed by atoms with E-state index in [2.05, 4.69) is 22.6 Å². The minimum absolute atomic E-state index is 0.0764. The van der Waals surface area contributed by atoms with Crippen LogP contribution in [0.5, 0.6) is 5.75 Å². The SMILES string of the molecule is COCCN1C(=O)C(=O)C(=C(O)c2ccc(OC)cc2)C1c1ccc(I)cc1. The van der Waals surface area contributed by atoms with Gasteiger partial charge in [0.25, 0.3) is 11.7 Å². The number of ketones is 1. The quantitative estimate of drug-likeness (QED) is 0.289. The van der Waals surface area contributed by atoms with Gasteiger partial charge in [0.1, 0.15) is 11.5 Å². The van der Waals surface area contributed by atoms with Crippen LogP contribution in [-0.2, 0) is 14.3 Å². The molecule has 2 aromatic carbocycles. The molecule has 1 N–H and O–H groups in total. The number of amides is 1. The number of nitrogens with zero attached hydrogens (tertiary/aromatic N) is 1. The summed E-state index contributed by atoms with van der Waals surface area (Å²) >= 11 is 2.19. The van der Waals surface area contributed by atoms with E-state index in [1.165, 1.54) is 12.0 Å². The van der Waals surface area contributed by atoms with Gasteiger partial charge in [-0.3, -0.25) is 9.59 Å². The Balaban J connectivity index is 2.12. The Kier molecular flexibility index (Phi) is 6.35. The van der Waals surface area contributed by atoms with Crippen LogP contribution in [0.2, 0.25) is 0 Å². The Labute approximate surface area is 176 Å². The first-order chi connectivity index (χ1) is 13.5. The number of methoxy groups -OCH3 is 2. The molecule has 0 aromatic heterocycles. The molecule has 0 radical (unpaired) electrons. The third kappa shape index (κ3) is 3.90. The number of carbonyl (C=O) groups is 2. The summed E-state index contributed by atoms with van der Waals surface area (Å²) < 4.78 is 11.3. The molecule has 1 aliphatic rings. The summed E-state index contributed by atoms with van der Waals surface area (Å²) in [5.74, 6) is -0.917. The predicted octanol–water partition coefficient (Wildman–Crippen LogP) is 3.37. The maximum absolute atomic E-state index is 12.8. The van der Waals surface area contributed by atoms with Crippen molar-refractivity contribution in [2.75, 3.05) is 27.4 Å². The summed E-state index contributed by atoms with van der Waals surface area (Å²) in [5, 5.41) is 10.9. The minimum atomic E-state index is -0.701. The number of ether oxygens (including phenoxy) is 2. The molecule has 0 spiro atoms. The molecule has 6 nitrogen and oxygen atoms in total. The van der Waals surface area contributed by atoms with E-state index in [4.69, 9.17) is 9.47 Å². The Morgan fingerprint density at radius 3 is 2.29 bits per heavy atom. The van der Waals surface area contributed by atoms with Crippen molar-refractivity contribution in [1.82, 2.24) is 4.90 Å². The highest BCUT2D eigenvalue weighted by Crippen LogP contribution is 2.39. The topological polar surface area (TPSA) is 76.1 Å². The molecular formula is C21H20INO5. The van der Waals surface area contributed by atoms with Crippen LogP contribution < -0.4 is 4.74 Å². The average Bonchev–Trinajstić information content (AvgIpc) is 2.97. The summed E-state index contributed by atoms with van der Waals surface area (Å²) in [6, 6.07) is 13.5. The zero-order valence-electron chi connectivity index (χ0n) is 15.5. The third-order valence-corrected chi connectivity index (χ3v) is 5.34. The van der Waals surface area contributed by atoms with E-state index in [0.29, 0.717) is 11.3 Å². The minimum Gasteiger partial charge on any atom is -0.507 e.